The van der Waals surface area contributed by atoms with Crippen molar-refractivity contribution in [2.75, 3.05) is 44.2 Å². The second-order valence-electron chi connectivity index (χ2n) is 5.69. The van der Waals surface area contributed by atoms with Crippen molar-refractivity contribution in [2.24, 2.45) is 0 Å². The van der Waals surface area contributed by atoms with E-state index in [0.717, 1.165) is 19.1 Å². The highest BCUT2D eigenvalue weighted by Crippen LogP contribution is 2.25. The summed E-state index contributed by atoms with van der Waals surface area (Å²) in [4.78, 5) is 5.14. The van der Waals surface area contributed by atoms with Gasteiger partial charge in [0.25, 0.3) is 0 Å². The number of anilines is 1. The number of piperazine rings is 1. The molecule has 18 heavy (non-hydrogen) atoms. The molecule has 0 aromatic heterocycles. The Morgan fingerprint density at radius 1 is 1.00 bits per heavy atom. The van der Waals surface area contributed by atoms with Crippen LogP contribution >= 0.6 is 0 Å². The average molecular weight is 245 g/mol. The molecule has 0 unspecified atom stereocenters. The van der Waals surface area contributed by atoms with Gasteiger partial charge in [-0.2, -0.15) is 0 Å². The van der Waals surface area contributed by atoms with Gasteiger partial charge in [-0.1, -0.05) is 6.07 Å². The van der Waals surface area contributed by atoms with Gasteiger partial charge in [0.05, 0.1) is 0 Å². The van der Waals surface area contributed by atoms with E-state index in [2.05, 4.69) is 47.2 Å². The molecule has 2 aliphatic rings. The highest BCUT2D eigenvalue weighted by molar-refractivity contribution is 5.53. The smallest absolute Gasteiger partial charge is 0.0447 e. The fraction of sp³-hybridized carbons (Fsp3) is 0.600. The molecule has 0 amide bonds. The van der Waals surface area contributed by atoms with Crippen LogP contribution in [0.4, 0.5) is 5.69 Å². The molecule has 0 bridgehead atoms. The Morgan fingerprint density at radius 2 is 1.61 bits per heavy atom. The lowest BCUT2D eigenvalue weighted by atomic mass is 10.0. The van der Waals surface area contributed by atoms with E-state index in [1.165, 1.54) is 43.0 Å². The van der Waals surface area contributed by atoms with Gasteiger partial charge in [0.1, 0.15) is 0 Å². The number of benzene rings is 1. The summed E-state index contributed by atoms with van der Waals surface area (Å²) in [5.74, 6) is 0. The molecule has 0 aliphatic carbocycles. The summed E-state index contributed by atoms with van der Waals surface area (Å²) in [6.07, 6.45) is 0. The summed E-state index contributed by atoms with van der Waals surface area (Å²) in [7, 11) is 0. The maximum atomic E-state index is 3.42. The lowest BCUT2D eigenvalue weighted by molar-refractivity contribution is 0.147. The van der Waals surface area contributed by atoms with Gasteiger partial charge >= 0.3 is 0 Å². The second-order valence-corrected chi connectivity index (χ2v) is 5.69. The van der Waals surface area contributed by atoms with Crippen molar-refractivity contribution in [1.29, 1.82) is 0 Å². The summed E-state index contributed by atoms with van der Waals surface area (Å²) in [5, 5.41) is 3.42. The van der Waals surface area contributed by atoms with Gasteiger partial charge in [-0.25, -0.2) is 0 Å². The summed E-state index contributed by atoms with van der Waals surface area (Å²) in [5.41, 5.74) is 4.14. The Labute approximate surface area is 110 Å². The van der Waals surface area contributed by atoms with E-state index in [4.69, 9.17) is 0 Å². The van der Waals surface area contributed by atoms with Gasteiger partial charge in [0.2, 0.25) is 0 Å². The Bertz CT molecular complexity index is 397. The van der Waals surface area contributed by atoms with Crippen LogP contribution in [-0.2, 0) is 0 Å². The van der Waals surface area contributed by atoms with Crippen LogP contribution in [0.2, 0.25) is 0 Å². The fourth-order valence-electron chi connectivity index (χ4n) is 3.08. The highest BCUT2D eigenvalue weighted by atomic mass is 15.3. The van der Waals surface area contributed by atoms with E-state index in [-0.39, 0.29) is 0 Å². The lowest BCUT2D eigenvalue weighted by Gasteiger charge is -2.48. The van der Waals surface area contributed by atoms with E-state index in [9.17, 15) is 0 Å². The molecule has 0 atom stereocenters. The maximum absolute atomic E-state index is 3.42. The molecule has 0 saturated carbocycles. The molecular formula is C15H23N3. The molecule has 98 valence electrons. The monoisotopic (exact) mass is 245 g/mol. The number of hydrogen-bond donors (Lipinski definition) is 1. The molecule has 2 fully saturated rings. The molecule has 1 N–H and O–H groups in total. The number of rotatable bonds is 2. The predicted molar refractivity (Wildman–Crippen MR) is 76.4 cm³/mol. The minimum absolute atomic E-state index is 0.771. The third-order valence-corrected chi connectivity index (χ3v) is 4.10. The first-order valence-electron chi connectivity index (χ1n) is 7.00. The van der Waals surface area contributed by atoms with Crippen molar-refractivity contribution in [1.82, 2.24) is 10.2 Å². The van der Waals surface area contributed by atoms with Crippen LogP contribution in [0.25, 0.3) is 0 Å². The molecule has 3 rings (SSSR count). The fourth-order valence-corrected chi connectivity index (χ4v) is 3.08. The van der Waals surface area contributed by atoms with Gasteiger partial charge in [0, 0.05) is 51.0 Å². The van der Waals surface area contributed by atoms with E-state index >= 15 is 0 Å². The van der Waals surface area contributed by atoms with Gasteiger partial charge in [-0.3, -0.25) is 4.90 Å². The second kappa shape index (κ2) is 4.90. The quantitative estimate of drug-likeness (QED) is 0.849. The normalized spacial score (nSPS) is 22.0. The van der Waals surface area contributed by atoms with Crippen molar-refractivity contribution >= 4 is 5.69 Å². The first-order chi connectivity index (χ1) is 8.72. The SMILES string of the molecule is Cc1cc(C)cc(N2CC(N3CCNCC3)C2)c1. The van der Waals surface area contributed by atoms with Gasteiger partial charge in [-0.15, -0.1) is 0 Å². The molecular weight excluding hydrogens is 222 g/mol. The zero-order valence-electron chi connectivity index (χ0n) is 11.4. The van der Waals surface area contributed by atoms with Crippen LogP contribution in [0, 0.1) is 13.8 Å². The standard InChI is InChI=1S/C15H23N3/c1-12-7-13(2)9-14(8-12)18-10-15(11-18)17-5-3-16-4-6-17/h7-9,15-16H,3-6,10-11H2,1-2H3. The Morgan fingerprint density at radius 3 is 2.22 bits per heavy atom. The highest BCUT2D eigenvalue weighted by Gasteiger charge is 2.32. The topological polar surface area (TPSA) is 18.5 Å². The van der Waals surface area contributed by atoms with Crippen molar-refractivity contribution in [3.05, 3.63) is 29.3 Å². The van der Waals surface area contributed by atoms with Crippen LogP contribution < -0.4 is 10.2 Å². The first kappa shape index (κ1) is 12.0. The van der Waals surface area contributed by atoms with Crippen molar-refractivity contribution in [3.63, 3.8) is 0 Å². The average Bonchev–Trinajstić information content (AvgIpc) is 2.27. The van der Waals surface area contributed by atoms with Crippen LogP contribution in [0.15, 0.2) is 18.2 Å². The molecule has 0 spiro atoms. The van der Waals surface area contributed by atoms with Crippen LogP contribution in [-0.4, -0.2) is 50.2 Å². The van der Waals surface area contributed by atoms with Crippen molar-refractivity contribution < 1.29 is 0 Å². The van der Waals surface area contributed by atoms with Crippen LogP contribution in [0.3, 0.4) is 0 Å². The molecule has 2 aliphatic heterocycles. The van der Waals surface area contributed by atoms with Crippen LogP contribution in [0.1, 0.15) is 11.1 Å². The van der Waals surface area contributed by atoms with Crippen molar-refractivity contribution in [2.45, 2.75) is 19.9 Å². The van der Waals surface area contributed by atoms with Crippen molar-refractivity contribution in [3.8, 4) is 0 Å². The predicted octanol–water partition coefficient (Wildman–Crippen LogP) is 1.40. The Balaban J connectivity index is 1.60. The summed E-state index contributed by atoms with van der Waals surface area (Å²) in [6.45, 7) is 11.5. The van der Waals surface area contributed by atoms with Gasteiger partial charge < -0.3 is 10.2 Å². The Kier molecular flexibility index (Phi) is 3.27. The van der Waals surface area contributed by atoms with Gasteiger partial charge in [-0.05, 0) is 37.1 Å². The summed E-state index contributed by atoms with van der Waals surface area (Å²) >= 11 is 0. The lowest BCUT2D eigenvalue weighted by Crippen LogP contribution is -2.62. The molecule has 2 heterocycles. The number of nitrogens with zero attached hydrogens (tertiary/aromatic N) is 2. The maximum Gasteiger partial charge on any atom is 0.0447 e. The third-order valence-electron chi connectivity index (χ3n) is 4.10. The summed E-state index contributed by atoms with van der Waals surface area (Å²) in [6, 6.07) is 7.63. The minimum atomic E-state index is 0.771. The van der Waals surface area contributed by atoms with E-state index in [1.54, 1.807) is 0 Å². The van der Waals surface area contributed by atoms with E-state index < -0.39 is 0 Å². The zero-order valence-corrected chi connectivity index (χ0v) is 11.4. The van der Waals surface area contributed by atoms with E-state index in [0.29, 0.717) is 0 Å². The van der Waals surface area contributed by atoms with Crippen LogP contribution in [0.5, 0.6) is 0 Å². The van der Waals surface area contributed by atoms with E-state index in [1.807, 2.05) is 0 Å². The molecule has 1 aromatic carbocycles. The van der Waals surface area contributed by atoms with Gasteiger partial charge in [0.15, 0.2) is 0 Å². The molecule has 1 aromatic rings. The summed E-state index contributed by atoms with van der Waals surface area (Å²) < 4.78 is 0. The number of nitrogens with one attached hydrogen (secondary N) is 1. The molecule has 3 heteroatoms. The Hall–Kier alpha value is -1.06. The minimum Gasteiger partial charge on any atom is -0.368 e. The molecule has 3 nitrogen and oxygen atoms in total. The zero-order chi connectivity index (χ0) is 12.5. The number of aryl methyl sites for hydroxylation is 2. The molecule has 2 saturated heterocycles. The number of hydrogen-bond acceptors (Lipinski definition) is 3. The largest absolute Gasteiger partial charge is 0.368 e. The third kappa shape index (κ3) is 2.38. The first-order valence-corrected chi connectivity index (χ1v) is 7.00. The molecule has 0 radical (unpaired) electrons.